The van der Waals surface area contributed by atoms with Gasteiger partial charge in [-0.25, -0.2) is 4.68 Å². The van der Waals surface area contributed by atoms with Crippen LogP contribution in [0.25, 0.3) is 5.69 Å². The molecule has 0 atom stereocenters. The van der Waals surface area contributed by atoms with Crippen molar-refractivity contribution >= 4 is 11.6 Å². The van der Waals surface area contributed by atoms with Crippen LogP contribution in [0.1, 0.15) is 18.2 Å². The van der Waals surface area contributed by atoms with E-state index in [-0.39, 0.29) is 12.2 Å². The van der Waals surface area contributed by atoms with E-state index in [2.05, 4.69) is 5.10 Å². The van der Waals surface area contributed by atoms with E-state index in [1.165, 1.54) is 4.68 Å². The molecule has 2 rings (SSSR count). The lowest BCUT2D eigenvalue weighted by molar-refractivity contribution is 0.299. The zero-order valence-electron chi connectivity index (χ0n) is 10.1. The minimum atomic E-state index is -0.108. The number of benzene rings is 1. The standard InChI is InChI=1S/C13H15ClN2O2/c1-2-12-11(7-8-17)13(18)16(15-12)10-5-3-9(14)4-6-10/h3-6,15,17H,2,7-8H2,1H3. The summed E-state index contributed by atoms with van der Waals surface area (Å²) < 4.78 is 1.49. The van der Waals surface area contributed by atoms with E-state index in [0.717, 1.165) is 17.8 Å². The molecule has 1 aromatic heterocycles. The highest BCUT2D eigenvalue weighted by atomic mass is 35.5. The monoisotopic (exact) mass is 266 g/mol. The van der Waals surface area contributed by atoms with E-state index < -0.39 is 0 Å². The van der Waals surface area contributed by atoms with E-state index in [1.807, 2.05) is 6.92 Å². The summed E-state index contributed by atoms with van der Waals surface area (Å²) in [4.78, 5) is 12.2. The molecule has 96 valence electrons. The number of aromatic nitrogens is 2. The number of aliphatic hydroxyl groups excluding tert-OH is 1. The molecular formula is C13H15ClN2O2. The number of H-pyrrole nitrogens is 1. The highest BCUT2D eigenvalue weighted by Crippen LogP contribution is 2.13. The summed E-state index contributed by atoms with van der Waals surface area (Å²) in [5.41, 5.74) is 2.14. The summed E-state index contributed by atoms with van der Waals surface area (Å²) in [5, 5.41) is 12.7. The van der Waals surface area contributed by atoms with Crippen LogP contribution in [0.4, 0.5) is 0 Å². The van der Waals surface area contributed by atoms with Crippen molar-refractivity contribution < 1.29 is 5.11 Å². The Labute approximate surface area is 110 Å². The third-order valence-electron chi connectivity index (χ3n) is 2.87. The molecule has 0 spiro atoms. The molecule has 0 unspecified atom stereocenters. The molecule has 0 bridgehead atoms. The van der Waals surface area contributed by atoms with Crippen LogP contribution in [0.15, 0.2) is 29.1 Å². The molecule has 0 saturated heterocycles. The second-order valence-electron chi connectivity index (χ2n) is 4.01. The van der Waals surface area contributed by atoms with Crippen molar-refractivity contribution in [3.8, 4) is 5.69 Å². The number of nitrogens with one attached hydrogen (secondary N) is 1. The first kappa shape index (κ1) is 12.9. The van der Waals surface area contributed by atoms with Gasteiger partial charge in [0.1, 0.15) is 0 Å². The van der Waals surface area contributed by atoms with Gasteiger partial charge in [-0.2, -0.15) is 0 Å². The van der Waals surface area contributed by atoms with Crippen LogP contribution in [0.3, 0.4) is 0 Å². The van der Waals surface area contributed by atoms with E-state index in [9.17, 15) is 4.79 Å². The molecule has 0 saturated carbocycles. The Kier molecular flexibility index (Phi) is 3.89. The molecule has 0 aliphatic rings. The van der Waals surface area contributed by atoms with Crippen LogP contribution in [0.2, 0.25) is 5.02 Å². The third-order valence-corrected chi connectivity index (χ3v) is 3.12. The van der Waals surface area contributed by atoms with Gasteiger partial charge < -0.3 is 5.11 Å². The summed E-state index contributed by atoms with van der Waals surface area (Å²) in [5.74, 6) is 0. The summed E-state index contributed by atoms with van der Waals surface area (Å²) in [6.07, 6.45) is 1.10. The average Bonchev–Trinajstić information content (AvgIpc) is 2.69. The lowest BCUT2D eigenvalue weighted by Gasteiger charge is -2.01. The van der Waals surface area contributed by atoms with Crippen molar-refractivity contribution in [2.75, 3.05) is 6.61 Å². The van der Waals surface area contributed by atoms with E-state index >= 15 is 0 Å². The minimum Gasteiger partial charge on any atom is -0.396 e. The van der Waals surface area contributed by atoms with Crippen LogP contribution in [-0.2, 0) is 12.8 Å². The Morgan fingerprint density at radius 2 is 2.00 bits per heavy atom. The van der Waals surface area contributed by atoms with Crippen molar-refractivity contribution in [2.45, 2.75) is 19.8 Å². The quantitative estimate of drug-likeness (QED) is 0.888. The largest absolute Gasteiger partial charge is 0.396 e. The molecule has 1 heterocycles. The molecule has 18 heavy (non-hydrogen) atoms. The van der Waals surface area contributed by atoms with Gasteiger partial charge in [0.15, 0.2) is 0 Å². The first-order valence-electron chi connectivity index (χ1n) is 5.87. The maximum Gasteiger partial charge on any atom is 0.274 e. The van der Waals surface area contributed by atoms with Gasteiger partial charge in [-0.3, -0.25) is 9.89 Å². The summed E-state index contributed by atoms with van der Waals surface area (Å²) in [7, 11) is 0. The fourth-order valence-corrected chi connectivity index (χ4v) is 2.08. The number of hydrogen-bond acceptors (Lipinski definition) is 2. The number of rotatable bonds is 4. The van der Waals surface area contributed by atoms with Crippen molar-refractivity contribution in [3.63, 3.8) is 0 Å². The van der Waals surface area contributed by atoms with Crippen LogP contribution < -0.4 is 5.56 Å². The van der Waals surface area contributed by atoms with Gasteiger partial charge in [-0.05, 0) is 30.7 Å². The fourth-order valence-electron chi connectivity index (χ4n) is 1.95. The molecule has 2 aromatic rings. The van der Waals surface area contributed by atoms with Crippen molar-refractivity contribution in [3.05, 3.63) is 50.9 Å². The van der Waals surface area contributed by atoms with Gasteiger partial charge in [-0.1, -0.05) is 18.5 Å². The third kappa shape index (κ3) is 2.35. The molecule has 0 aliphatic carbocycles. The van der Waals surface area contributed by atoms with Gasteiger partial charge in [0.05, 0.1) is 5.69 Å². The highest BCUT2D eigenvalue weighted by Gasteiger charge is 2.13. The number of hydrogen-bond donors (Lipinski definition) is 2. The predicted molar refractivity (Wildman–Crippen MR) is 71.6 cm³/mol. The zero-order chi connectivity index (χ0) is 13.1. The van der Waals surface area contributed by atoms with Crippen molar-refractivity contribution in [2.24, 2.45) is 0 Å². The van der Waals surface area contributed by atoms with Crippen LogP contribution in [-0.4, -0.2) is 21.5 Å². The fraction of sp³-hybridized carbons (Fsp3) is 0.308. The van der Waals surface area contributed by atoms with Gasteiger partial charge in [0, 0.05) is 29.3 Å². The van der Waals surface area contributed by atoms with E-state index in [0.29, 0.717) is 17.0 Å². The first-order chi connectivity index (χ1) is 8.67. The molecule has 5 heteroatoms. The van der Waals surface area contributed by atoms with E-state index in [4.69, 9.17) is 16.7 Å². The lowest BCUT2D eigenvalue weighted by Crippen LogP contribution is -2.18. The van der Waals surface area contributed by atoms with Gasteiger partial charge >= 0.3 is 0 Å². The average molecular weight is 267 g/mol. The Hall–Kier alpha value is -1.52. The second kappa shape index (κ2) is 5.42. The summed E-state index contributed by atoms with van der Waals surface area (Å²) in [6, 6.07) is 7.04. The number of nitrogens with zero attached hydrogens (tertiary/aromatic N) is 1. The smallest absolute Gasteiger partial charge is 0.274 e. The Morgan fingerprint density at radius 1 is 1.33 bits per heavy atom. The summed E-state index contributed by atoms with van der Waals surface area (Å²) >= 11 is 5.82. The van der Waals surface area contributed by atoms with Crippen LogP contribution in [0, 0.1) is 0 Å². The van der Waals surface area contributed by atoms with Gasteiger partial charge in [0.2, 0.25) is 0 Å². The topological polar surface area (TPSA) is 58.0 Å². The molecule has 1 aromatic carbocycles. The lowest BCUT2D eigenvalue weighted by atomic mass is 10.1. The molecule has 2 N–H and O–H groups in total. The number of aromatic amines is 1. The van der Waals surface area contributed by atoms with Crippen LogP contribution >= 0.6 is 11.6 Å². The number of aliphatic hydroxyl groups is 1. The molecule has 0 aliphatic heterocycles. The highest BCUT2D eigenvalue weighted by molar-refractivity contribution is 6.30. The molecule has 0 radical (unpaired) electrons. The molecular weight excluding hydrogens is 252 g/mol. The minimum absolute atomic E-state index is 0.0271. The number of aryl methyl sites for hydroxylation is 1. The maximum absolute atomic E-state index is 12.2. The van der Waals surface area contributed by atoms with Crippen molar-refractivity contribution in [1.29, 1.82) is 0 Å². The predicted octanol–water partition coefficient (Wildman–Crippen LogP) is 1.92. The Morgan fingerprint density at radius 3 is 2.56 bits per heavy atom. The van der Waals surface area contributed by atoms with E-state index in [1.54, 1.807) is 24.3 Å². The zero-order valence-corrected chi connectivity index (χ0v) is 10.9. The Bertz CT molecular complexity index is 584. The molecule has 0 fully saturated rings. The normalized spacial score (nSPS) is 10.8. The molecule has 4 nitrogen and oxygen atoms in total. The van der Waals surface area contributed by atoms with Gasteiger partial charge in [0.25, 0.3) is 5.56 Å². The Balaban J connectivity index is 2.52. The maximum atomic E-state index is 12.2. The molecule has 0 amide bonds. The first-order valence-corrected chi connectivity index (χ1v) is 6.24. The SMILES string of the molecule is CCc1[nH]n(-c2ccc(Cl)cc2)c(=O)c1CCO. The summed E-state index contributed by atoms with van der Waals surface area (Å²) in [6.45, 7) is 1.94. The van der Waals surface area contributed by atoms with Gasteiger partial charge in [-0.15, -0.1) is 0 Å². The van der Waals surface area contributed by atoms with Crippen LogP contribution in [0.5, 0.6) is 0 Å². The second-order valence-corrected chi connectivity index (χ2v) is 4.45. The van der Waals surface area contributed by atoms with Crippen molar-refractivity contribution in [1.82, 2.24) is 9.78 Å². The number of halogens is 1.